The first-order valence-electron chi connectivity index (χ1n) is 11.5. The molecule has 1 nitrogen and oxygen atoms in total. The van der Waals surface area contributed by atoms with Crippen LogP contribution in [0.25, 0.3) is 0 Å². The molecule has 0 aromatic heterocycles. The predicted octanol–water partition coefficient (Wildman–Crippen LogP) is 8.20. The molecule has 0 radical (unpaired) electrons. The number of rotatable bonds is 9. The van der Waals surface area contributed by atoms with E-state index < -0.39 is 16.1 Å². The average molecular weight is 410 g/mol. The third-order valence-electron chi connectivity index (χ3n) is 8.03. The average Bonchev–Trinajstić information content (AvgIpc) is 2.82. The monoisotopic (exact) mass is 409 g/mol. The molecule has 0 aliphatic carbocycles. The zero-order valence-electron chi connectivity index (χ0n) is 20.8. The summed E-state index contributed by atoms with van der Waals surface area (Å²) < 4.78 is 0. The van der Waals surface area contributed by atoms with Crippen molar-refractivity contribution in [2.45, 2.75) is 123 Å². The van der Waals surface area contributed by atoms with Gasteiger partial charge in [-0.1, -0.05) is 105 Å². The van der Waals surface area contributed by atoms with Gasteiger partial charge in [0.15, 0.2) is 0 Å². The molecule has 0 amide bonds. The summed E-state index contributed by atoms with van der Waals surface area (Å²) in [5.74, 6) is 0. The molecule has 0 N–H and O–H groups in total. The van der Waals surface area contributed by atoms with E-state index in [1.807, 2.05) is 11.1 Å². The first kappa shape index (κ1) is 25.2. The van der Waals surface area contributed by atoms with Gasteiger partial charge in [-0.25, -0.2) is 0 Å². The van der Waals surface area contributed by atoms with Crippen LogP contribution in [-0.2, 0) is 0 Å². The number of nitrogens with zero attached hydrogens (tertiary/aromatic N) is 1. The maximum atomic E-state index is 2.78. The van der Waals surface area contributed by atoms with E-state index in [-0.39, 0.29) is 0 Å². The van der Waals surface area contributed by atoms with Crippen LogP contribution in [0.5, 0.6) is 0 Å². The lowest BCUT2D eigenvalue weighted by Gasteiger charge is -2.39. The van der Waals surface area contributed by atoms with Crippen molar-refractivity contribution in [1.82, 2.24) is 4.90 Å². The Hall–Kier alpha value is 0.134. The lowest BCUT2D eigenvalue weighted by molar-refractivity contribution is 0.333. The van der Waals surface area contributed by atoms with Crippen LogP contribution in [0.4, 0.5) is 0 Å². The molecule has 3 heteroatoms. The summed E-state index contributed by atoms with van der Waals surface area (Å²) in [7, 11) is -2.55. The fourth-order valence-corrected chi connectivity index (χ4v) is 7.62. The smallest absolute Gasteiger partial charge is 0.0568 e. The second kappa shape index (κ2) is 9.30. The highest BCUT2D eigenvalue weighted by Gasteiger charge is 2.40. The van der Waals surface area contributed by atoms with Gasteiger partial charge in [0.05, 0.1) is 16.1 Å². The Morgan fingerprint density at radius 1 is 0.704 bits per heavy atom. The summed E-state index contributed by atoms with van der Waals surface area (Å²) in [6.07, 6.45) is 5.52. The van der Waals surface area contributed by atoms with Crippen LogP contribution in [0.15, 0.2) is 11.1 Å². The second-order valence-corrected chi connectivity index (χ2v) is 23.8. The molecule has 0 saturated carbocycles. The minimum absolute atomic E-state index is 0.483. The summed E-state index contributed by atoms with van der Waals surface area (Å²) in [5, 5.41) is 0.966. The van der Waals surface area contributed by atoms with Crippen molar-refractivity contribution in [1.29, 1.82) is 0 Å². The third kappa shape index (κ3) is 7.15. The molecular weight excluding hydrogens is 358 g/mol. The Morgan fingerprint density at radius 2 is 1.11 bits per heavy atom. The molecule has 0 aromatic rings. The van der Waals surface area contributed by atoms with E-state index in [9.17, 15) is 0 Å². The van der Waals surface area contributed by atoms with Crippen LogP contribution >= 0.6 is 0 Å². The summed E-state index contributed by atoms with van der Waals surface area (Å²) in [5.41, 5.74) is 3.70. The van der Waals surface area contributed by atoms with Crippen LogP contribution in [-0.4, -0.2) is 40.7 Å². The highest BCUT2D eigenvalue weighted by atomic mass is 28.3. The molecule has 0 saturated heterocycles. The zero-order chi connectivity index (χ0) is 21.1. The minimum atomic E-state index is -1.28. The normalized spacial score (nSPS) is 17.9. The van der Waals surface area contributed by atoms with Gasteiger partial charge in [0.25, 0.3) is 0 Å². The standard InChI is InChI=1S/C24H51NSi2/c1-12-13-14-15-16-25-17-21(19-26(8,9)23(2,3)4)22(18-25)20-27(10,11)24(5,6)7/h12-20H2,1-11H3. The molecule has 0 aromatic carbocycles. The van der Waals surface area contributed by atoms with Crippen molar-refractivity contribution in [3.63, 3.8) is 0 Å². The predicted molar refractivity (Wildman–Crippen MR) is 132 cm³/mol. The quantitative estimate of drug-likeness (QED) is 0.211. The summed E-state index contributed by atoms with van der Waals surface area (Å²) in [6, 6.07) is 2.82. The largest absolute Gasteiger partial charge is 0.295 e. The van der Waals surface area contributed by atoms with E-state index in [1.54, 1.807) is 0 Å². The van der Waals surface area contributed by atoms with Crippen LogP contribution in [0.2, 0.25) is 48.4 Å². The van der Waals surface area contributed by atoms with Gasteiger partial charge in [0, 0.05) is 13.1 Å². The fraction of sp³-hybridized carbons (Fsp3) is 0.917. The first-order chi connectivity index (χ1) is 12.1. The Bertz CT molecular complexity index is 463. The number of hydrogen-bond acceptors (Lipinski definition) is 1. The van der Waals surface area contributed by atoms with Crippen molar-refractivity contribution in [2.75, 3.05) is 19.6 Å². The van der Waals surface area contributed by atoms with E-state index >= 15 is 0 Å². The molecule has 1 aliphatic rings. The number of unbranched alkanes of at least 4 members (excludes halogenated alkanes) is 3. The van der Waals surface area contributed by atoms with E-state index in [2.05, 4.69) is 79.6 Å². The van der Waals surface area contributed by atoms with Gasteiger partial charge in [-0.2, -0.15) is 0 Å². The van der Waals surface area contributed by atoms with Crippen molar-refractivity contribution in [2.24, 2.45) is 0 Å². The van der Waals surface area contributed by atoms with Gasteiger partial charge in [0.2, 0.25) is 0 Å². The highest BCUT2D eigenvalue weighted by Crippen LogP contribution is 2.45. The molecule has 1 aliphatic heterocycles. The molecule has 0 unspecified atom stereocenters. The topological polar surface area (TPSA) is 3.24 Å². The van der Waals surface area contributed by atoms with Gasteiger partial charge < -0.3 is 0 Å². The molecular formula is C24H51NSi2. The molecule has 27 heavy (non-hydrogen) atoms. The maximum Gasteiger partial charge on any atom is 0.0568 e. The Kier molecular flexibility index (Phi) is 8.67. The van der Waals surface area contributed by atoms with Crippen LogP contribution in [0.1, 0.15) is 74.1 Å². The summed E-state index contributed by atoms with van der Waals surface area (Å²) in [6.45, 7) is 31.5. The lowest BCUT2D eigenvalue weighted by atomic mass is 10.2. The summed E-state index contributed by atoms with van der Waals surface area (Å²) >= 11 is 0. The van der Waals surface area contributed by atoms with Crippen molar-refractivity contribution in [3.05, 3.63) is 11.1 Å². The van der Waals surface area contributed by atoms with Crippen molar-refractivity contribution >= 4 is 16.1 Å². The second-order valence-electron chi connectivity index (χ2n) is 12.6. The van der Waals surface area contributed by atoms with Crippen LogP contribution < -0.4 is 0 Å². The van der Waals surface area contributed by atoms with Crippen LogP contribution in [0, 0.1) is 0 Å². The first-order valence-corrected chi connectivity index (χ1v) is 17.9. The molecule has 0 fully saturated rings. The van der Waals surface area contributed by atoms with Gasteiger partial charge in [0.1, 0.15) is 0 Å². The summed E-state index contributed by atoms with van der Waals surface area (Å²) in [4.78, 5) is 2.78. The molecule has 1 heterocycles. The minimum Gasteiger partial charge on any atom is -0.295 e. The van der Waals surface area contributed by atoms with E-state index in [0.717, 1.165) is 0 Å². The molecule has 0 spiro atoms. The fourth-order valence-electron chi connectivity index (χ4n) is 3.70. The van der Waals surface area contributed by atoms with Crippen molar-refractivity contribution < 1.29 is 0 Å². The van der Waals surface area contributed by atoms with E-state index in [1.165, 1.54) is 57.4 Å². The maximum absolute atomic E-state index is 2.78. The lowest BCUT2D eigenvalue weighted by Crippen LogP contribution is -2.39. The van der Waals surface area contributed by atoms with Crippen LogP contribution in [0.3, 0.4) is 0 Å². The zero-order valence-corrected chi connectivity index (χ0v) is 22.8. The SMILES string of the molecule is CCCCCCN1CC(C[Si](C)(C)C(C)(C)C)=C(C[Si](C)(C)C(C)(C)C)C1. The van der Waals surface area contributed by atoms with Gasteiger partial charge in [-0.05, 0) is 35.1 Å². The molecule has 0 atom stereocenters. The highest BCUT2D eigenvalue weighted by molar-refractivity contribution is 6.81. The third-order valence-corrected chi connectivity index (χ3v) is 18.8. The van der Waals surface area contributed by atoms with Gasteiger partial charge in [-0.15, -0.1) is 0 Å². The Morgan fingerprint density at radius 3 is 1.44 bits per heavy atom. The molecule has 160 valence electrons. The molecule has 0 bridgehead atoms. The Labute approximate surface area is 174 Å². The van der Waals surface area contributed by atoms with E-state index in [4.69, 9.17) is 0 Å². The molecule has 1 rings (SSSR count). The van der Waals surface area contributed by atoms with Gasteiger partial charge in [-0.3, -0.25) is 4.90 Å². The van der Waals surface area contributed by atoms with E-state index in [0.29, 0.717) is 10.1 Å². The van der Waals surface area contributed by atoms with Gasteiger partial charge >= 0.3 is 0 Å². The Balaban J connectivity index is 2.96. The number of hydrogen-bond donors (Lipinski definition) is 0. The van der Waals surface area contributed by atoms with Crippen molar-refractivity contribution in [3.8, 4) is 0 Å².